The van der Waals surface area contributed by atoms with Gasteiger partial charge in [0.2, 0.25) is 0 Å². The minimum Gasteiger partial charge on any atom is -0.360 e. The molecule has 0 saturated carbocycles. The van der Waals surface area contributed by atoms with Crippen molar-refractivity contribution in [2.24, 2.45) is 0 Å². The second kappa shape index (κ2) is 4.36. The van der Waals surface area contributed by atoms with E-state index in [0.717, 1.165) is 4.90 Å². The molecule has 0 spiro atoms. The number of fused-ring (bicyclic) bond motifs is 3. The predicted molar refractivity (Wildman–Crippen MR) is 80.9 cm³/mol. The molecule has 4 rings (SSSR count). The summed E-state index contributed by atoms with van der Waals surface area (Å²) in [6, 6.07) is 5.68. The van der Waals surface area contributed by atoms with E-state index < -0.39 is 34.4 Å². The molecule has 3 heterocycles. The van der Waals surface area contributed by atoms with E-state index in [1.165, 1.54) is 0 Å². The lowest BCUT2D eigenvalue weighted by Crippen LogP contribution is -2.61. The fourth-order valence-electron chi connectivity index (χ4n) is 3.30. The predicted octanol–water partition coefficient (Wildman–Crippen LogP) is 1.71. The highest BCUT2D eigenvalue weighted by Crippen LogP contribution is 2.41. The van der Waals surface area contributed by atoms with E-state index in [1.54, 1.807) is 37.3 Å². The van der Waals surface area contributed by atoms with Crippen LogP contribution in [0.3, 0.4) is 0 Å². The van der Waals surface area contributed by atoms with Crippen molar-refractivity contribution in [3.8, 4) is 0 Å². The monoisotopic (exact) mass is 361 g/mol. The lowest BCUT2D eigenvalue weighted by Gasteiger charge is -2.40. The number of ketones is 1. The molecule has 0 unspecified atom stereocenters. The number of carbonyl (C=O) groups is 3. The molecule has 0 N–H and O–H groups in total. The van der Waals surface area contributed by atoms with Crippen LogP contribution in [0.25, 0.3) is 0 Å². The topological polar surface area (TPSA) is 63.7 Å². The Labute approximate surface area is 135 Å². The number of halogens is 1. The van der Waals surface area contributed by atoms with Crippen molar-refractivity contribution < 1.29 is 19.1 Å². The Morgan fingerprint density at radius 1 is 1.14 bits per heavy atom. The van der Waals surface area contributed by atoms with Gasteiger partial charge in [-0.15, -0.1) is 0 Å². The Morgan fingerprint density at radius 2 is 1.73 bits per heavy atom. The standard InChI is InChI=1S/C16H12BrNO4/c1-16-7-6-10(22-16)11(12(19)13(16)17)18-14(20)8-4-2-3-5-9(8)15(18)21/h2-7,10-11,13H,1H3/t10-,11+,13+,16+/m0/s1. The van der Waals surface area contributed by atoms with Gasteiger partial charge in [0.1, 0.15) is 22.6 Å². The zero-order valence-corrected chi connectivity index (χ0v) is 13.2. The van der Waals surface area contributed by atoms with Crippen molar-refractivity contribution in [2.45, 2.75) is 29.5 Å². The number of Topliss-reactive ketones (excluding diaryl/α,β-unsaturated/α-hetero) is 1. The van der Waals surface area contributed by atoms with E-state index in [2.05, 4.69) is 15.9 Å². The zero-order chi connectivity index (χ0) is 15.6. The Bertz CT molecular complexity index is 723. The van der Waals surface area contributed by atoms with Gasteiger partial charge in [0, 0.05) is 0 Å². The minimum atomic E-state index is -0.927. The molecule has 3 aliphatic heterocycles. The van der Waals surface area contributed by atoms with Crippen LogP contribution < -0.4 is 0 Å². The Hall–Kier alpha value is -1.79. The normalized spacial score (nSPS) is 36.2. The number of alkyl halides is 1. The molecule has 4 atom stereocenters. The second-order valence-corrected chi connectivity index (χ2v) is 6.78. The lowest BCUT2D eigenvalue weighted by atomic mass is 9.93. The van der Waals surface area contributed by atoms with Crippen molar-refractivity contribution in [1.82, 2.24) is 4.90 Å². The molecule has 1 fully saturated rings. The summed E-state index contributed by atoms with van der Waals surface area (Å²) >= 11 is 3.35. The van der Waals surface area contributed by atoms with Crippen molar-refractivity contribution in [3.63, 3.8) is 0 Å². The first kappa shape index (κ1) is 13.8. The number of ether oxygens (including phenoxy) is 1. The van der Waals surface area contributed by atoms with E-state index >= 15 is 0 Å². The summed E-state index contributed by atoms with van der Waals surface area (Å²) in [7, 11) is 0. The summed E-state index contributed by atoms with van der Waals surface area (Å²) in [5.41, 5.74) is -0.0554. The van der Waals surface area contributed by atoms with Gasteiger partial charge < -0.3 is 4.74 Å². The molecule has 3 aliphatic rings. The number of benzene rings is 1. The highest BCUT2D eigenvalue weighted by Gasteiger charge is 2.57. The van der Waals surface area contributed by atoms with Crippen LogP contribution in [0, 0.1) is 0 Å². The fourth-order valence-corrected chi connectivity index (χ4v) is 3.83. The first-order valence-corrected chi connectivity index (χ1v) is 7.87. The van der Waals surface area contributed by atoms with Gasteiger partial charge in [-0.3, -0.25) is 19.3 Å². The van der Waals surface area contributed by atoms with Crippen LogP contribution >= 0.6 is 15.9 Å². The third-order valence-electron chi connectivity index (χ3n) is 4.47. The Balaban J connectivity index is 1.78. The maximum Gasteiger partial charge on any atom is 0.262 e. The minimum absolute atomic E-state index is 0.210. The molecule has 1 aromatic carbocycles. The van der Waals surface area contributed by atoms with Crippen molar-refractivity contribution >= 4 is 33.5 Å². The summed E-state index contributed by atoms with van der Waals surface area (Å²) in [4.78, 5) is 38.3. The Kier molecular flexibility index (Phi) is 2.75. The van der Waals surface area contributed by atoms with Gasteiger partial charge in [0.15, 0.2) is 5.78 Å². The molecule has 0 aliphatic carbocycles. The van der Waals surface area contributed by atoms with Gasteiger partial charge in [0.25, 0.3) is 11.8 Å². The first-order valence-electron chi connectivity index (χ1n) is 6.96. The maximum atomic E-state index is 12.7. The molecule has 6 heteroatoms. The summed E-state index contributed by atoms with van der Waals surface area (Å²) < 4.78 is 5.86. The van der Waals surface area contributed by atoms with Gasteiger partial charge in [-0.1, -0.05) is 40.2 Å². The maximum absolute atomic E-state index is 12.7. The van der Waals surface area contributed by atoms with E-state index in [4.69, 9.17) is 4.74 Å². The smallest absolute Gasteiger partial charge is 0.262 e. The molecule has 1 saturated heterocycles. The van der Waals surface area contributed by atoms with Crippen molar-refractivity contribution in [3.05, 3.63) is 47.5 Å². The number of rotatable bonds is 1. The van der Waals surface area contributed by atoms with E-state index in [0.29, 0.717) is 11.1 Å². The van der Waals surface area contributed by atoms with Crippen LogP contribution in [0.2, 0.25) is 0 Å². The third kappa shape index (κ3) is 1.59. The summed E-state index contributed by atoms with van der Waals surface area (Å²) in [6.45, 7) is 1.80. The van der Waals surface area contributed by atoms with Gasteiger partial charge in [-0.05, 0) is 19.1 Å². The largest absolute Gasteiger partial charge is 0.360 e. The van der Waals surface area contributed by atoms with Gasteiger partial charge in [-0.2, -0.15) is 0 Å². The lowest BCUT2D eigenvalue weighted by molar-refractivity contribution is -0.142. The molecule has 5 nitrogen and oxygen atoms in total. The van der Waals surface area contributed by atoms with E-state index in [9.17, 15) is 14.4 Å². The molecule has 1 aromatic rings. The first-order chi connectivity index (χ1) is 10.4. The molecular weight excluding hydrogens is 350 g/mol. The Morgan fingerprint density at radius 3 is 2.32 bits per heavy atom. The molecule has 0 aromatic heterocycles. The van der Waals surface area contributed by atoms with Crippen molar-refractivity contribution in [2.75, 3.05) is 0 Å². The highest BCUT2D eigenvalue weighted by atomic mass is 79.9. The molecule has 2 bridgehead atoms. The zero-order valence-electron chi connectivity index (χ0n) is 11.7. The van der Waals surface area contributed by atoms with Gasteiger partial charge in [-0.25, -0.2) is 0 Å². The quantitative estimate of drug-likeness (QED) is 0.434. The SMILES string of the molecule is C[C@]12C=C[C@H](O1)[C@@H](N1C(=O)c3ccccc3C1=O)C(=O)[C@H]2Br. The van der Waals surface area contributed by atoms with Crippen LogP contribution in [0.5, 0.6) is 0 Å². The van der Waals surface area contributed by atoms with Crippen LogP contribution in [0.15, 0.2) is 36.4 Å². The number of hydrogen-bond acceptors (Lipinski definition) is 4. The van der Waals surface area contributed by atoms with Crippen molar-refractivity contribution in [1.29, 1.82) is 0 Å². The average Bonchev–Trinajstić information content (AvgIpc) is 2.99. The van der Waals surface area contributed by atoms with Gasteiger partial charge in [0.05, 0.1) is 11.1 Å². The number of carbonyl (C=O) groups excluding carboxylic acids is 3. The molecular formula is C16H12BrNO4. The number of imide groups is 1. The number of hydrogen-bond donors (Lipinski definition) is 0. The van der Waals surface area contributed by atoms with Crippen LogP contribution in [-0.4, -0.2) is 45.1 Å². The summed E-state index contributed by atoms with van der Waals surface area (Å²) in [6.07, 6.45) is 2.98. The molecule has 2 amide bonds. The van der Waals surface area contributed by atoms with Crippen LogP contribution in [0.1, 0.15) is 27.6 Å². The molecule has 22 heavy (non-hydrogen) atoms. The van der Waals surface area contributed by atoms with Crippen LogP contribution in [-0.2, 0) is 9.53 Å². The highest BCUT2D eigenvalue weighted by molar-refractivity contribution is 9.10. The number of nitrogens with zero attached hydrogens (tertiary/aromatic N) is 1. The molecule has 112 valence electrons. The second-order valence-electron chi connectivity index (χ2n) is 5.86. The van der Waals surface area contributed by atoms with Gasteiger partial charge >= 0.3 is 0 Å². The van der Waals surface area contributed by atoms with E-state index in [-0.39, 0.29) is 5.78 Å². The molecule has 0 radical (unpaired) electrons. The summed E-state index contributed by atoms with van der Waals surface area (Å²) in [5, 5.41) is 0. The van der Waals surface area contributed by atoms with Crippen LogP contribution in [0.4, 0.5) is 0 Å². The average molecular weight is 362 g/mol. The third-order valence-corrected chi connectivity index (χ3v) is 5.83. The van der Waals surface area contributed by atoms with E-state index in [1.807, 2.05) is 6.08 Å². The number of amides is 2. The fraction of sp³-hybridized carbons (Fsp3) is 0.312. The summed E-state index contributed by atoms with van der Waals surface area (Å²) in [5.74, 6) is -1.09.